The Morgan fingerprint density at radius 2 is 1.91 bits per heavy atom. The third-order valence-electron chi connectivity index (χ3n) is 3.80. The van der Waals surface area contributed by atoms with Crippen molar-refractivity contribution < 1.29 is 19.0 Å². The van der Waals surface area contributed by atoms with Gasteiger partial charge in [0.1, 0.15) is 0 Å². The van der Waals surface area contributed by atoms with Gasteiger partial charge in [0.2, 0.25) is 11.7 Å². The van der Waals surface area contributed by atoms with Gasteiger partial charge in [-0.15, -0.1) is 0 Å². The van der Waals surface area contributed by atoms with Crippen molar-refractivity contribution in [1.29, 1.82) is 0 Å². The molecule has 1 aromatic rings. The van der Waals surface area contributed by atoms with Crippen LogP contribution >= 0.6 is 0 Å². The Kier molecular flexibility index (Phi) is 5.54. The van der Waals surface area contributed by atoms with Crippen molar-refractivity contribution in [3.8, 4) is 17.2 Å². The van der Waals surface area contributed by atoms with Crippen molar-refractivity contribution in [1.82, 2.24) is 4.90 Å². The zero-order chi connectivity index (χ0) is 16.8. The molecule has 0 aromatic heterocycles. The Morgan fingerprint density at radius 3 is 2.43 bits per heavy atom. The number of nitrogens with zero attached hydrogens (tertiary/aromatic N) is 4. The molecule has 1 unspecified atom stereocenters. The molecule has 0 N–H and O–H groups in total. The van der Waals surface area contributed by atoms with E-state index in [1.165, 1.54) is 0 Å². The standard InChI is InChI=1S/C15H20N4O4/c1-21-12-4-10(5-13(22-2)15(12)23-3)8-19-9-11(6-14(19)20)7-17-18-16/h4-5,11H,6-9H2,1-3H3. The fraction of sp³-hybridized carbons (Fsp3) is 0.533. The molecule has 0 aliphatic carbocycles. The number of azide groups is 1. The van der Waals surface area contributed by atoms with Crippen LogP contribution in [0.5, 0.6) is 17.2 Å². The number of ether oxygens (including phenoxy) is 3. The summed E-state index contributed by atoms with van der Waals surface area (Å²) in [6, 6.07) is 3.66. The van der Waals surface area contributed by atoms with Crippen molar-refractivity contribution in [2.75, 3.05) is 34.4 Å². The molecular weight excluding hydrogens is 300 g/mol. The smallest absolute Gasteiger partial charge is 0.223 e. The number of methoxy groups -OCH3 is 3. The maximum atomic E-state index is 12.1. The Balaban J connectivity index is 2.16. The van der Waals surface area contributed by atoms with Gasteiger partial charge in [-0.25, -0.2) is 0 Å². The van der Waals surface area contributed by atoms with E-state index in [9.17, 15) is 4.79 Å². The average molecular weight is 320 g/mol. The van der Waals surface area contributed by atoms with Crippen LogP contribution in [-0.2, 0) is 11.3 Å². The molecule has 1 amide bonds. The van der Waals surface area contributed by atoms with Gasteiger partial charge in [0, 0.05) is 31.0 Å². The first kappa shape index (κ1) is 16.8. The van der Waals surface area contributed by atoms with E-state index in [-0.39, 0.29) is 11.8 Å². The average Bonchev–Trinajstić information content (AvgIpc) is 2.91. The summed E-state index contributed by atoms with van der Waals surface area (Å²) in [7, 11) is 4.65. The number of hydrogen-bond acceptors (Lipinski definition) is 5. The quantitative estimate of drug-likeness (QED) is 0.437. The molecule has 0 saturated carbocycles. The molecule has 124 valence electrons. The van der Waals surface area contributed by atoms with Crippen LogP contribution in [0.4, 0.5) is 0 Å². The monoisotopic (exact) mass is 320 g/mol. The highest BCUT2D eigenvalue weighted by Gasteiger charge is 2.29. The molecule has 0 bridgehead atoms. The summed E-state index contributed by atoms with van der Waals surface area (Å²) in [6.45, 7) is 1.37. The van der Waals surface area contributed by atoms with Crippen molar-refractivity contribution in [3.63, 3.8) is 0 Å². The molecular formula is C15H20N4O4. The highest BCUT2D eigenvalue weighted by molar-refractivity contribution is 5.78. The first-order valence-electron chi connectivity index (χ1n) is 7.20. The first-order chi connectivity index (χ1) is 11.1. The lowest BCUT2D eigenvalue weighted by Gasteiger charge is -2.19. The maximum Gasteiger partial charge on any atom is 0.223 e. The number of likely N-dealkylation sites (tertiary alicyclic amines) is 1. The summed E-state index contributed by atoms with van der Waals surface area (Å²) in [4.78, 5) is 16.6. The minimum Gasteiger partial charge on any atom is -0.493 e. The number of benzene rings is 1. The summed E-state index contributed by atoms with van der Waals surface area (Å²) in [6.07, 6.45) is 0.406. The van der Waals surface area contributed by atoms with Crippen LogP contribution < -0.4 is 14.2 Å². The Morgan fingerprint density at radius 1 is 1.26 bits per heavy atom. The van der Waals surface area contributed by atoms with Crippen LogP contribution in [0.2, 0.25) is 0 Å². The van der Waals surface area contributed by atoms with Crippen molar-refractivity contribution in [2.45, 2.75) is 13.0 Å². The van der Waals surface area contributed by atoms with Crippen molar-refractivity contribution in [3.05, 3.63) is 28.1 Å². The normalized spacial score (nSPS) is 16.9. The van der Waals surface area contributed by atoms with E-state index < -0.39 is 0 Å². The number of amides is 1. The lowest BCUT2D eigenvalue weighted by atomic mass is 10.1. The lowest BCUT2D eigenvalue weighted by Crippen LogP contribution is -2.24. The Bertz CT molecular complexity index is 603. The van der Waals surface area contributed by atoms with Gasteiger partial charge in [-0.1, -0.05) is 5.11 Å². The summed E-state index contributed by atoms with van der Waals surface area (Å²) in [5.74, 6) is 1.75. The molecule has 23 heavy (non-hydrogen) atoms. The largest absolute Gasteiger partial charge is 0.493 e. The van der Waals surface area contributed by atoms with E-state index in [2.05, 4.69) is 10.0 Å². The minimum atomic E-state index is 0.0527. The molecule has 1 aromatic carbocycles. The van der Waals surface area contributed by atoms with Gasteiger partial charge in [-0.2, -0.15) is 0 Å². The van der Waals surface area contributed by atoms with Crippen LogP contribution in [-0.4, -0.2) is 45.2 Å². The summed E-state index contributed by atoms with van der Waals surface area (Å²) >= 11 is 0. The molecule has 0 radical (unpaired) electrons. The highest BCUT2D eigenvalue weighted by atomic mass is 16.5. The van der Waals surface area contributed by atoms with Crippen LogP contribution in [0.1, 0.15) is 12.0 Å². The highest BCUT2D eigenvalue weighted by Crippen LogP contribution is 2.38. The molecule has 8 nitrogen and oxygen atoms in total. The topological polar surface area (TPSA) is 96.8 Å². The SMILES string of the molecule is COc1cc(CN2CC(CN=[N+]=[N-])CC2=O)cc(OC)c1OC. The van der Waals surface area contributed by atoms with E-state index in [0.717, 1.165) is 5.56 Å². The maximum absolute atomic E-state index is 12.1. The molecule has 2 rings (SSSR count). The molecule has 0 spiro atoms. The molecule has 1 aliphatic rings. The van der Waals surface area contributed by atoms with E-state index >= 15 is 0 Å². The van der Waals surface area contributed by atoms with Gasteiger partial charge >= 0.3 is 0 Å². The van der Waals surface area contributed by atoms with E-state index in [1.807, 2.05) is 12.1 Å². The molecule has 8 heteroatoms. The summed E-state index contributed by atoms with van der Waals surface area (Å²) < 4.78 is 15.9. The van der Waals surface area contributed by atoms with Gasteiger partial charge in [-0.3, -0.25) is 4.79 Å². The molecule has 1 heterocycles. The van der Waals surface area contributed by atoms with E-state index in [1.54, 1.807) is 26.2 Å². The summed E-state index contributed by atoms with van der Waals surface area (Å²) in [5, 5.41) is 3.55. The first-order valence-corrected chi connectivity index (χ1v) is 7.20. The van der Waals surface area contributed by atoms with Crippen LogP contribution in [0.25, 0.3) is 10.4 Å². The van der Waals surface area contributed by atoms with Crippen LogP contribution in [0.15, 0.2) is 17.2 Å². The van der Waals surface area contributed by atoms with E-state index in [0.29, 0.717) is 43.3 Å². The van der Waals surface area contributed by atoms with Crippen LogP contribution in [0.3, 0.4) is 0 Å². The van der Waals surface area contributed by atoms with Crippen LogP contribution in [0, 0.1) is 5.92 Å². The zero-order valence-electron chi connectivity index (χ0n) is 13.5. The Hall–Kier alpha value is -2.60. The fourth-order valence-corrected chi connectivity index (χ4v) is 2.73. The second-order valence-electron chi connectivity index (χ2n) is 5.29. The van der Waals surface area contributed by atoms with Gasteiger partial charge in [-0.05, 0) is 29.1 Å². The third-order valence-corrected chi connectivity index (χ3v) is 3.80. The third kappa shape index (κ3) is 3.78. The predicted octanol–water partition coefficient (Wildman–Crippen LogP) is 2.37. The number of carbonyl (C=O) groups excluding carboxylic acids is 1. The molecule has 1 aliphatic heterocycles. The number of hydrogen-bond donors (Lipinski definition) is 0. The minimum absolute atomic E-state index is 0.0527. The van der Waals surface area contributed by atoms with Gasteiger partial charge in [0.15, 0.2) is 11.5 Å². The molecule has 1 fully saturated rings. The van der Waals surface area contributed by atoms with Gasteiger partial charge in [0.25, 0.3) is 0 Å². The van der Waals surface area contributed by atoms with Crippen molar-refractivity contribution in [2.24, 2.45) is 11.0 Å². The summed E-state index contributed by atoms with van der Waals surface area (Å²) in [5.41, 5.74) is 9.26. The van der Waals surface area contributed by atoms with Gasteiger partial charge in [0.05, 0.1) is 21.3 Å². The lowest BCUT2D eigenvalue weighted by molar-refractivity contribution is -0.128. The molecule has 1 saturated heterocycles. The fourth-order valence-electron chi connectivity index (χ4n) is 2.73. The second kappa shape index (κ2) is 7.60. The number of carbonyl (C=O) groups is 1. The predicted molar refractivity (Wildman–Crippen MR) is 83.6 cm³/mol. The molecule has 1 atom stereocenters. The zero-order valence-corrected chi connectivity index (χ0v) is 13.5. The van der Waals surface area contributed by atoms with Gasteiger partial charge < -0.3 is 19.1 Å². The number of rotatable bonds is 7. The van der Waals surface area contributed by atoms with E-state index in [4.69, 9.17) is 19.7 Å². The second-order valence-corrected chi connectivity index (χ2v) is 5.29. The Labute approximate surface area is 134 Å². The van der Waals surface area contributed by atoms with Crippen molar-refractivity contribution >= 4 is 5.91 Å².